The van der Waals surface area contributed by atoms with E-state index >= 15 is 0 Å². The Bertz CT molecular complexity index is 760. The predicted octanol–water partition coefficient (Wildman–Crippen LogP) is 5.53. The Morgan fingerprint density at radius 1 is 0.714 bits per heavy atom. The Balaban J connectivity index is 0.00000612. The van der Waals surface area contributed by atoms with E-state index in [1.54, 1.807) is 12.1 Å². The van der Waals surface area contributed by atoms with E-state index in [1.807, 2.05) is 12.1 Å². The van der Waals surface area contributed by atoms with Gasteiger partial charge in [-0.3, -0.25) is 4.31 Å². The van der Waals surface area contributed by atoms with E-state index in [-0.39, 0.29) is 51.4 Å². The van der Waals surface area contributed by atoms with Crippen molar-refractivity contribution in [1.82, 2.24) is 0 Å². The van der Waals surface area contributed by atoms with Crippen molar-refractivity contribution in [3.63, 3.8) is 0 Å². The molecule has 0 spiro atoms. The first-order valence-electron chi connectivity index (χ1n) is 14.1. The molecule has 0 bridgehead atoms. The van der Waals surface area contributed by atoms with Gasteiger partial charge in [-0.1, -0.05) is 135 Å². The normalized spacial score (nSPS) is 15.0. The van der Waals surface area contributed by atoms with Crippen LogP contribution in [-0.4, -0.2) is 19.1 Å². The van der Waals surface area contributed by atoms with Gasteiger partial charge in [0.2, 0.25) is 0 Å². The summed E-state index contributed by atoms with van der Waals surface area (Å²) in [5.74, 6) is 0. The minimum Gasteiger partial charge on any atom is -0.731 e. The maximum Gasteiger partial charge on any atom is 1.00 e. The van der Waals surface area contributed by atoms with Crippen molar-refractivity contribution in [2.24, 2.45) is 0 Å². The summed E-state index contributed by atoms with van der Waals surface area (Å²) in [7, 11) is -4.52. The van der Waals surface area contributed by atoms with E-state index in [0.29, 0.717) is 12.1 Å². The van der Waals surface area contributed by atoms with Gasteiger partial charge in [0, 0.05) is 0 Å². The van der Waals surface area contributed by atoms with Crippen LogP contribution in [-0.2, 0) is 10.3 Å². The van der Waals surface area contributed by atoms with Crippen LogP contribution in [0.3, 0.4) is 0 Å². The molecule has 0 saturated carbocycles. The number of nitrogens with one attached hydrogen (secondary N) is 1. The van der Waals surface area contributed by atoms with Crippen molar-refractivity contribution in [2.45, 2.75) is 142 Å². The molecule has 5 nitrogen and oxygen atoms in total. The van der Waals surface area contributed by atoms with E-state index in [9.17, 15) is 13.0 Å². The van der Waals surface area contributed by atoms with Gasteiger partial charge in [-0.05, 0) is 25.0 Å². The summed E-state index contributed by atoms with van der Waals surface area (Å²) in [5, 5.41) is 3.20. The fourth-order valence-electron chi connectivity index (χ4n) is 5.08. The second kappa shape index (κ2) is 20.3. The largest absolute Gasteiger partial charge is 1.00 e. The number of hydrogen-bond donors (Lipinski definition) is 1. The number of hydrogen-bond acceptors (Lipinski definition) is 4. The molecular weight excluding hydrogens is 483 g/mol. The number of fused-ring (bicyclic) bond motifs is 1. The minimum atomic E-state index is -4.52. The van der Waals surface area contributed by atoms with E-state index < -0.39 is 16.5 Å². The van der Waals surface area contributed by atoms with Crippen LogP contribution in [0.1, 0.15) is 135 Å². The molecule has 0 radical (unpaired) electrons. The molecule has 1 aliphatic heterocycles. The summed E-state index contributed by atoms with van der Waals surface area (Å²) in [6.45, 7) is 2.28. The van der Waals surface area contributed by atoms with Gasteiger partial charge in [-0.25, -0.2) is 8.42 Å². The average Bonchev–Trinajstić information content (AvgIpc) is 3.19. The van der Waals surface area contributed by atoms with Crippen LogP contribution >= 0.6 is 0 Å². The number of unbranched alkanes of at least 4 members (excludes halogenated alkanes) is 18. The molecular formula is C28H49KN2O3S. The zero-order valence-electron chi connectivity index (χ0n) is 22.6. The third kappa shape index (κ3) is 14.2. The quantitative estimate of drug-likeness (QED) is 0.128. The molecule has 0 amide bonds. The van der Waals surface area contributed by atoms with E-state index in [1.165, 1.54) is 109 Å². The van der Waals surface area contributed by atoms with Gasteiger partial charge in [0.1, 0.15) is 6.17 Å². The molecule has 1 aliphatic rings. The average molecular weight is 533 g/mol. The van der Waals surface area contributed by atoms with E-state index in [2.05, 4.69) is 12.2 Å². The molecule has 1 unspecified atom stereocenters. The number of anilines is 2. The van der Waals surface area contributed by atoms with Crippen molar-refractivity contribution < 1.29 is 64.4 Å². The van der Waals surface area contributed by atoms with Crippen LogP contribution in [0.4, 0.5) is 11.4 Å². The molecule has 0 aromatic heterocycles. The SMILES string of the molecule is CCCCCCCCCCCCCCCCCCCCCC1Nc2ccccc2N1S(=O)(=O)[O-].[K+]. The third-order valence-electron chi connectivity index (χ3n) is 7.07. The van der Waals surface area contributed by atoms with Crippen LogP contribution in [0, 0.1) is 0 Å². The van der Waals surface area contributed by atoms with Crippen molar-refractivity contribution in [3.05, 3.63) is 24.3 Å². The fraction of sp³-hybridized carbons (Fsp3) is 0.786. The molecule has 1 N–H and O–H groups in total. The molecule has 0 fully saturated rings. The van der Waals surface area contributed by atoms with E-state index in [0.717, 1.165) is 22.8 Å². The van der Waals surface area contributed by atoms with Crippen LogP contribution in [0.2, 0.25) is 0 Å². The Hall–Kier alpha value is 0.366. The Morgan fingerprint density at radius 2 is 1.11 bits per heavy atom. The summed E-state index contributed by atoms with van der Waals surface area (Å²) in [5.41, 5.74) is 1.20. The first kappa shape index (κ1) is 33.4. The standard InChI is InChI=1S/C28H50N2O3S.K/c1-2-3-4-5-6-7-8-9-10-11-12-13-14-15-16-17-18-19-20-25-28-29-26-23-21-22-24-27(26)30(28)34(31,32)33;/h21-24,28-29H,2-20,25H2,1H3,(H,31,32,33);/q;+1/p-1. The summed E-state index contributed by atoms with van der Waals surface area (Å²) in [6, 6.07) is 7.12. The summed E-state index contributed by atoms with van der Waals surface area (Å²) < 4.78 is 36.2. The molecule has 2 rings (SSSR count). The Kier molecular flexibility index (Phi) is 19.4. The smallest absolute Gasteiger partial charge is 0.731 e. The molecule has 1 heterocycles. The number of nitrogens with zero attached hydrogens (tertiary/aromatic N) is 1. The van der Waals surface area contributed by atoms with Gasteiger partial charge in [0.25, 0.3) is 0 Å². The molecule has 1 aromatic carbocycles. The molecule has 0 saturated heterocycles. The topological polar surface area (TPSA) is 72.5 Å². The molecule has 1 aromatic rings. The Morgan fingerprint density at radius 3 is 1.54 bits per heavy atom. The van der Waals surface area contributed by atoms with Gasteiger partial charge in [-0.2, -0.15) is 0 Å². The summed E-state index contributed by atoms with van der Waals surface area (Å²) >= 11 is 0. The van der Waals surface area contributed by atoms with Gasteiger partial charge in [0.05, 0.1) is 11.4 Å². The summed E-state index contributed by atoms with van der Waals surface area (Å²) in [4.78, 5) is 0. The van der Waals surface area contributed by atoms with Crippen LogP contribution in [0.5, 0.6) is 0 Å². The second-order valence-corrected chi connectivity index (χ2v) is 11.3. The number of rotatable bonds is 21. The van der Waals surface area contributed by atoms with Crippen molar-refractivity contribution in [1.29, 1.82) is 0 Å². The zero-order valence-corrected chi connectivity index (χ0v) is 26.5. The van der Waals surface area contributed by atoms with Crippen LogP contribution in [0.15, 0.2) is 24.3 Å². The fourth-order valence-corrected chi connectivity index (χ4v) is 5.95. The first-order chi connectivity index (χ1) is 16.5. The number of para-hydroxylation sites is 2. The van der Waals surface area contributed by atoms with Gasteiger partial charge in [0.15, 0.2) is 10.3 Å². The minimum absolute atomic E-state index is 0. The van der Waals surface area contributed by atoms with Crippen molar-refractivity contribution in [3.8, 4) is 0 Å². The Labute approximate surface area is 258 Å². The first-order valence-corrected chi connectivity index (χ1v) is 15.5. The van der Waals surface area contributed by atoms with Gasteiger partial charge >= 0.3 is 51.4 Å². The van der Waals surface area contributed by atoms with Crippen molar-refractivity contribution in [2.75, 3.05) is 9.62 Å². The molecule has 7 heteroatoms. The third-order valence-corrected chi connectivity index (χ3v) is 8.00. The van der Waals surface area contributed by atoms with Crippen molar-refractivity contribution >= 4 is 21.7 Å². The van der Waals surface area contributed by atoms with Gasteiger partial charge in [-0.15, -0.1) is 0 Å². The molecule has 196 valence electrons. The maximum atomic E-state index is 11.7. The number of benzene rings is 1. The van der Waals surface area contributed by atoms with Crippen LogP contribution < -0.4 is 61.0 Å². The zero-order chi connectivity index (χ0) is 24.5. The van der Waals surface area contributed by atoms with E-state index in [4.69, 9.17) is 0 Å². The maximum absolute atomic E-state index is 11.7. The second-order valence-electron chi connectivity index (χ2n) is 10.1. The van der Waals surface area contributed by atoms with Crippen LogP contribution in [0.25, 0.3) is 0 Å². The monoisotopic (exact) mass is 532 g/mol. The molecule has 0 aliphatic carbocycles. The molecule has 35 heavy (non-hydrogen) atoms. The molecule has 1 atom stereocenters. The predicted molar refractivity (Wildman–Crippen MR) is 144 cm³/mol. The van der Waals surface area contributed by atoms with Gasteiger partial charge < -0.3 is 9.87 Å². The summed E-state index contributed by atoms with van der Waals surface area (Å²) in [6.07, 6.45) is 25.6.